The van der Waals surface area contributed by atoms with Crippen LogP contribution in [-0.2, 0) is 0 Å². The van der Waals surface area contributed by atoms with Gasteiger partial charge in [-0.25, -0.2) is 9.37 Å². The summed E-state index contributed by atoms with van der Waals surface area (Å²) in [6, 6.07) is 1.23. The van der Waals surface area contributed by atoms with Crippen molar-refractivity contribution in [2.45, 2.75) is 0 Å². The molecule has 0 amide bonds. The lowest BCUT2D eigenvalue weighted by molar-refractivity contribution is -0.386. The minimum atomic E-state index is -1.11. The molecule has 1 heterocycles. The van der Waals surface area contributed by atoms with Gasteiger partial charge in [-0.3, -0.25) is 10.1 Å². The maximum atomic E-state index is 11.8. The summed E-state index contributed by atoms with van der Waals surface area (Å²) in [4.78, 5) is 13.3. The Hall–Kier alpha value is -1.24. The fraction of sp³-hybridized carbons (Fsp3) is 0.167. The normalized spacial score (nSPS) is 9.69. The Morgan fingerprint density at radius 1 is 1.77 bits per heavy atom. The molecule has 70 valence electrons. The summed E-state index contributed by atoms with van der Waals surface area (Å²) in [5.41, 5.74) is -0.360. The van der Waals surface area contributed by atoms with Crippen molar-refractivity contribution in [1.82, 2.24) is 4.98 Å². The quantitative estimate of drug-likeness (QED) is 0.468. The summed E-state index contributed by atoms with van der Waals surface area (Å²) >= 11 is 2.98. The summed E-state index contributed by atoms with van der Waals surface area (Å²) in [6.45, 7) is -1.11. The van der Waals surface area contributed by atoms with Crippen LogP contribution in [0.5, 0.6) is 5.75 Å². The Labute approximate surface area is 80.8 Å². The maximum Gasteiger partial charge on any atom is 0.329 e. The molecule has 0 unspecified atom stereocenters. The van der Waals surface area contributed by atoms with Gasteiger partial charge < -0.3 is 4.74 Å². The molecule has 1 rings (SSSR count). The van der Waals surface area contributed by atoms with Crippen LogP contribution in [0.15, 0.2) is 16.9 Å². The van der Waals surface area contributed by atoms with E-state index in [0.717, 1.165) is 6.20 Å². The van der Waals surface area contributed by atoms with Crippen LogP contribution in [0, 0.1) is 10.1 Å². The van der Waals surface area contributed by atoms with Crippen molar-refractivity contribution in [3.05, 3.63) is 27.0 Å². The van der Waals surface area contributed by atoms with E-state index in [1.54, 1.807) is 0 Å². The van der Waals surface area contributed by atoms with Crippen molar-refractivity contribution in [1.29, 1.82) is 0 Å². The second-order valence-electron chi connectivity index (χ2n) is 1.99. The van der Waals surface area contributed by atoms with Crippen LogP contribution in [0.2, 0.25) is 0 Å². The van der Waals surface area contributed by atoms with Crippen molar-refractivity contribution in [2.75, 3.05) is 6.86 Å². The summed E-state index contributed by atoms with van der Waals surface area (Å²) < 4.78 is 16.5. The topological polar surface area (TPSA) is 65.3 Å². The molecule has 13 heavy (non-hydrogen) atoms. The van der Waals surface area contributed by atoms with E-state index < -0.39 is 11.8 Å². The third kappa shape index (κ3) is 2.35. The van der Waals surface area contributed by atoms with E-state index in [1.807, 2.05) is 0 Å². The molecular weight excluding hydrogens is 247 g/mol. The van der Waals surface area contributed by atoms with Crippen molar-refractivity contribution < 1.29 is 14.1 Å². The van der Waals surface area contributed by atoms with Crippen molar-refractivity contribution in [3.8, 4) is 5.75 Å². The first-order valence-electron chi connectivity index (χ1n) is 3.14. The Balaban J connectivity index is 3.10. The fourth-order valence-corrected chi connectivity index (χ4v) is 1.03. The number of hydrogen-bond acceptors (Lipinski definition) is 4. The zero-order chi connectivity index (χ0) is 9.84. The summed E-state index contributed by atoms with van der Waals surface area (Å²) in [6.07, 6.45) is 0.995. The number of alkyl halides is 1. The Morgan fingerprint density at radius 2 is 2.46 bits per heavy atom. The molecule has 0 atom stereocenters. The van der Waals surface area contributed by atoms with Crippen LogP contribution in [0.25, 0.3) is 0 Å². The number of pyridine rings is 1. The number of rotatable bonds is 3. The highest BCUT2D eigenvalue weighted by Crippen LogP contribution is 2.28. The average molecular weight is 251 g/mol. The third-order valence-electron chi connectivity index (χ3n) is 1.22. The molecular formula is C6H4BrFN2O3. The minimum absolute atomic E-state index is 0.144. The molecule has 0 saturated carbocycles. The molecule has 1 aromatic heterocycles. The third-order valence-corrected chi connectivity index (χ3v) is 1.65. The van der Waals surface area contributed by atoms with Crippen LogP contribution in [0.4, 0.5) is 10.1 Å². The lowest BCUT2D eigenvalue weighted by Crippen LogP contribution is -1.97. The SMILES string of the molecule is O=[N+]([O-])c1cnc(Br)cc1OCF. The first kappa shape index (κ1) is 9.85. The van der Waals surface area contributed by atoms with Crippen molar-refractivity contribution in [3.63, 3.8) is 0 Å². The number of halogens is 2. The van der Waals surface area contributed by atoms with Gasteiger partial charge in [-0.1, -0.05) is 0 Å². The smallest absolute Gasteiger partial charge is 0.329 e. The van der Waals surface area contributed by atoms with Gasteiger partial charge in [-0.2, -0.15) is 0 Å². The molecule has 0 spiro atoms. The summed E-state index contributed by atoms with van der Waals surface area (Å²) in [7, 11) is 0. The van der Waals surface area contributed by atoms with Crippen LogP contribution in [-0.4, -0.2) is 16.8 Å². The Morgan fingerprint density at radius 3 is 3.00 bits per heavy atom. The van der Waals surface area contributed by atoms with Crippen molar-refractivity contribution in [2.24, 2.45) is 0 Å². The lowest BCUT2D eigenvalue weighted by atomic mass is 10.4. The standard InChI is InChI=1S/C6H4BrFN2O3/c7-6-1-5(13-3-8)4(2-9-6)10(11)12/h1-2H,3H2. The van der Waals surface area contributed by atoms with E-state index >= 15 is 0 Å². The number of nitro groups is 1. The van der Waals surface area contributed by atoms with Crippen LogP contribution in [0.1, 0.15) is 0 Å². The first-order chi connectivity index (χ1) is 6.15. The van der Waals surface area contributed by atoms with Gasteiger partial charge in [0.1, 0.15) is 10.8 Å². The number of ether oxygens (including phenoxy) is 1. The van der Waals surface area contributed by atoms with Gasteiger partial charge in [-0.15, -0.1) is 0 Å². The second-order valence-corrected chi connectivity index (χ2v) is 2.80. The van der Waals surface area contributed by atoms with Gasteiger partial charge >= 0.3 is 5.69 Å². The zero-order valence-corrected chi connectivity index (χ0v) is 7.82. The summed E-state index contributed by atoms with van der Waals surface area (Å²) in [5, 5.41) is 10.4. The van der Waals surface area contributed by atoms with Gasteiger partial charge in [0.25, 0.3) is 0 Å². The van der Waals surface area contributed by atoms with Crippen LogP contribution >= 0.6 is 15.9 Å². The molecule has 0 fully saturated rings. The predicted octanol–water partition coefficient (Wildman–Crippen LogP) is 2.06. The molecule has 7 heteroatoms. The van der Waals surface area contributed by atoms with E-state index in [1.165, 1.54) is 6.07 Å². The Bertz CT molecular complexity index is 334. The molecule has 0 aliphatic rings. The highest BCUT2D eigenvalue weighted by atomic mass is 79.9. The Kier molecular flexibility index (Phi) is 3.13. The second kappa shape index (κ2) is 4.13. The van der Waals surface area contributed by atoms with Gasteiger partial charge in [0.05, 0.1) is 4.92 Å². The van der Waals surface area contributed by atoms with Gasteiger partial charge in [0, 0.05) is 6.07 Å². The first-order valence-corrected chi connectivity index (χ1v) is 3.93. The van der Waals surface area contributed by atoms with Gasteiger partial charge in [0.2, 0.25) is 12.6 Å². The molecule has 0 aliphatic heterocycles. The van der Waals surface area contributed by atoms with E-state index in [0.29, 0.717) is 4.60 Å². The van der Waals surface area contributed by atoms with E-state index in [9.17, 15) is 14.5 Å². The van der Waals surface area contributed by atoms with Gasteiger partial charge in [-0.05, 0) is 15.9 Å². The molecule has 0 aliphatic carbocycles. The minimum Gasteiger partial charge on any atom is -0.456 e. The number of nitrogens with zero attached hydrogens (tertiary/aromatic N) is 2. The monoisotopic (exact) mass is 250 g/mol. The van der Waals surface area contributed by atoms with E-state index in [2.05, 4.69) is 25.7 Å². The molecule has 0 bridgehead atoms. The fourth-order valence-electron chi connectivity index (χ4n) is 0.717. The zero-order valence-electron chi connectivity index (χ0n) is 6.24. The molecule has 0 N–H and O–H groups in total. The molecule has 1 aromatic rings. The van der Waals surface area contributed by atoms with Crippen molar-refractivity contribution >= 4 is 21.6 Å². The molecule has 5 nitrogen and oxygen atoms in total. The van der Waals surface area contributed by atoms with E-state index in [-0.39, 0.29) is 11.4 Å². The highest BCUT2D eigenvalue weighted by molar-refractivity contribution is 9.10. The molecule has 0 aromatic carbocycles. The van der Waals surface area contributed by atoms with Crippen LogP contribution < -0.4 is 4.74 Å². The number of aromatic nitrogens is 1. The predicted molar refractivity (Wildman–Crippen MR) is 45.2 cm³/mol. The number of hydrogen-bond donors (Lipinski definition) is 0. The molecule has 0 radical (unpaired) electrons. The highest BCUT2D eigenvalue weighted by Gasteiger charge is 2.15. The largest absolute Gasteiger partial charge is 0.456 e. The van der Waals surface area contributed by atoms with Crippen LogP contribution in [0.3, 0.4) is 0 Å². The average Bonchev–Trinajstić information content (AvgIpc) is 2.04. The van der Waals surface area contributed by atoms with Gasteiger partial charge in [0.15, 0.2) is 0 Å². The maximum absolute atomic E-state index is 11.8. The summed E-state index contributed by atoms with van der Waals surface area (Å²) in [5.74, 6) is -0.144. The molecule has 0 saturated heterocycles. The lowest BCUT2D eigenvalue weighted by Gasteiger charge is -2.01. The van der Waals surface area contributed by atoms with E-state index in [4.69, 9.17) is 0 Å².